The lowest BCUT2D eigenvalue weighted by atomic mass is 10.0. The van der Waals surface area contributed by atoms with Gasteiger partial charge < -0.3 is 9.47 Å². The molecule has 1 aliphatic rings. The van der Waals surface area contributed by atoms with Gasteiger partial charge in [-0.05, 0) is 66.5 Å². The number of aromatic nitrogens is 2. The number of hydrogen-bond donors (Lipinski definition) is 0. The van der Waals surface area contributed by atoms with Crippen molar-refractivity contribution in [3.63, 3.8) is 0 Å². The minimum atomic E-state index is -0.280. The van der Waals surface area contributed by atoms with Gasteiger partial charge in [-0.3, -0.25) is 0 Å². The number of benzene rings is 4. The Morgan fingerprint density at radius 1 is 0.658 bits per heavy atom. The molecule has 1 aliphatic heterocycles. The first-order chi connectivity index (χ1) is 18.6. The molecule has 1 unspecified atom stereocenters. The average molecular weight is 498 g/mol. The number of nitrogens with zero attached hydrogens (tertiary/aromatic N) is 3. The van der Waals surface area contributed by atoms with E-state index in [1.54, 1.807) is 0 Å². The third-order valence-electron chi connectivity index (χ3n) is 6.43. The lowest BCUT2D eigenvalue weighted by molar-refractivity contribution is 0.250. The molecule has 0 radical (unpaired) electrons. The van der Waals surface area contributed by atoms with Crippen molar-refractivity contribution >= 4 is 5.71 Å². The highest BCUT2D eigenvalue weighted by Crippen LogP contribution is 2.30. The van der Waals surface area contributed by atoms with E-state index in [0.717, 1.165) is 33.8 Å². The second kappa shape index (κ2) is 10.2. The smallest absolute Gasteiger partial charge is 0.212 e. The van der Waals surface area contributed by atoms with E-state index in [0.29, 0.717) is 11.5 Å². The van der Waals surface area contributed by atoms with Gasteiger partial charge in [-0.2, -0.15) is 5.10 Å². The van der Waals surface area contributed by atoms with E-state index in [2.05, 4.69) is 58.6 Å². The second-order valence-electron chi connectivity index (χ2n) is 9.32. The Hall–Kier alpha value is -4.90. The minimum absolute atomic E-state index is 0.280. The lowest BCUT2D eigenvalue weighted by Crippen LogP contribution is -2.12. The summed E-state index contributed by atoms with van der Waals surface area (Å²) in [7, 11) is 0. The van der Waals surface area contributed by atoms with Crippen molar-refractivity contribution in [1.29, 1.82) is 0 Å². The number of ether oxygens (including phenoxy) is 2. The standard InChI is InChI=1S/C33H27N3O2/c1-23-18-24(2)35-33(23)38-32-13-7-12-31(20-32)37-30-11-6-10-29(19-30)36-22-28(21-34-36)27-16-14-26(15-17-27)25-8-4-3-5-9-25/h3-22,33H,1-2H3. The fourth-order valence-corrected chi connectivity index (χ4v) is 4.51. The molecule has 0 fully saturated rings. The molecule has 0 spiro atoms. The Kier molecular flexibility index (Phi) is 6.32. The summed E-state index contributed by atoms with van der Waals surface area (Å²) < 4.78 is 14.1. The fourth-order valence-electron chi connectivity index (χ4n) is 4.51. The molecule has 0 aliphatic carbocycles. The van der Waals surface area contributed by atoms with E-state index in [4.69, 9.17) is 9.47 Å². The van der Waals surface area contributed by atoms with Crippen LogP contribution in [-0.2, 0) is 0 Å². The first-order valence-corrected chi connectivity index (χ1v) is 12.6. The number of rotatable bonds is 7. The molecule has 0 bridgehead atoms. The number of hydrogen-bond acceptors (Lipinski definition) is 4. The first kappa shape index (κ1) is 23.5. The predicted molar refractivity (Wildman–Crippen MR) is 152 cm³/mol. The lowest BCUT2D eigenvalue weighted by Gasteiger charge is -2.14. The van der Waals surface area contributed by atoms with Gasteiger partial charge in [-0.1, -0.05) is 66.7 Å². The average Bonchev–Trinajstić information content (AvgIpc) is 3.56. The molecule has 38 heavy (non-hydrogen) atoms. The molecule has 0 amide bonds. The zero-order chi connectivity index (χ0) is 25.9. The van der Waals surface area contributed by atoms with Crippen molar-refractivity contribution in [2.45, 2.75) is 20.1 Å². The van der Waals surface area contributed by atoms with Crippen molar-refractivity contribution in [3.05, 3.63) is 127 Å². The molecule has 0 saturated carbocycles. The Labute approximate surface area is 222 Å². The van der Waals surface area contributed by atoms with Crippen molar-refractivity contribution in [1.82, 2.24) is 9.78 Å². The Bertz CT molecular complexity index is 1630. The van der Waals surface area contributed by atoms with Crippen LogP contribution in [0.25, 0.3) is 27.9 Å². The van der Waals surface area contributed by atoms with E-state index in [9.17, 15) is 0 Å². The molecule has 0 N–H and O–H groups in total. The normalized spacial score (nSPS) is 14.6. The zero-order valence-corrected chi connectivity index (χ0v) is 21.3. The fraction of sp³-hybridized carbons (Fsp3) is 0.0909. The number of allylic oxidation sites excluding steroid dienone is 1. The van der Waals surface area contributed by atoms with E-state index in [1.807, 2.05) is 91.6 Å². The molecule has 4 aromatic carbocycles. The molecule has 5 heteroatoms. The minimum Gasteiger partial charge on any atom is -0.465 e. The maximum atomic E-state index is 6.17. The van der Waals surface area contributed by atoms with Gasteiger partial charge in [-0.25, -0.2) is 9.67 Å². The van der Waals surface area contributed by atoms with Crippen LogP contribution in [0.1, 0.15) is 13.8 Å². The quantitative estimate of drug-likeness (QED) is 0.228. The molecule has 2 heterocycles. The van der Waals surface area contributed by atoms with Gasteiger partial charge in [0.15, 0.2) is 0 Å². The molecular weight excluding hydrogens is 470 g/mol. The molecule has 5 aromatic rings. The van der Waals surface area contributed by atoms with Gasteiger partial charge in [0, 0.05) is 29.6 Å². The predicted octanol–water partition coefficient (Wildman–Crippen LogP) is 8.12. The Morgan fingerprint density at radius 3 is 2.05 bits per heavy atom. The highest BCUT2D eigenvalue weighted by atomic mass is 16.5. The Balaban J connectivity index is 1.17. The van der Waals surface area contributed by atoms with E-state index in [1.165, 1.54) is 11.1 Å². The van der Waals surface area contributed by atoms with Crippen LogP contribution in [0.3, 0.4) is 0 Å². The van der Waals surface area contributed by atoms with Crippen LogP contribution >= 0.6 is 0 Å². The van der Waals surface area contributed by atoms with Gasteiger partial charge in [0.1, 0.15) is 17.2 Å². The summed E-state index contributed by atoms with van der Waals surface area (Å²) >= 11 is 0. The highest BCUT2D eigenvalue weighted by molar-refractivity contribution is 5.95. The molecule has 6 rings (SSSR count). The monoisotopic (exact) mass is 497 g/mol. The molecule has 1 aromatic heterocycles. The third-order valence-corrected chi connectivity index (χ3v) is 6.43. The summed E-state index contributed by atoms with van der Waals surface area (Å²) in [5.41, 5.74) is 7.55. The van der Waals surface area contributed by atoms with Crippen LogP contribution in [-0.4, -0.2) is 21.7 Å². The van der Waals surface area contributed by atoms with Crippen LogP contribution in [0, 0.1) is 0 Å². The van der Waals surface area contributed by atoms with E-state index >= 15 is 0 Å². The van der Waals surface area contributed by atoms with Crippen molar-refractivity contribution in [3.8, 4) is 45.2 Å². The van der Waals surface area contributed by atoms with Gasteiger partial charge in [0.05, 0.1) is 11.9 Å². The SMILES string of the molecule is CC1=CC(C)=NC1Oc1cccc(Oc2cccc(-n3cc(-c4ccc(-c5ccccc5)cc4)cn3)c2)c1. The summed E-state index contributed by atoms with van der Waals surface area (Å²) in [6.07, 6.45) is 5.68. The van der Waals surface area contributed by atoms with Crippen LogP contribution in [0.5, 0.6) is 17.2 Å². The van der Waals surface area contributed by atoms with Crippen molar-refractivity contribution in [2.75, 3.05) is 0 Å². The first-order valence-electron chi connectivity index (χ1n) is 12.6. The van der Waals surface area contributed by atoms with Crippen LogP contribution in [0.2, 0.25) is 0 Å². The Morgan fingerprint density at radius 2 is 1.32 bits per heavy atom. The summed E-state index contributed by atoms with van der Waals surface area (Å²) in [5, 5.41) is 4.60. The second-order valence-corrected chi connectivity index (χ2v) is 9.32. The summed E-state index contributed by atoms with van der Waals surface area (Å²) in [5.74, 6) is 2.12. The van der Waals surface area contributed by atoms with E-state index in [-0.39, 0.29) is 6.23 Å². The van der Waals surface area contributed by atoms with Gasteiger partial charge >= 0.3 is 0 Å². The zero-order valence-electron chi connectivity index (χ0n) is 21.3. The van der Waals surface area contributed by atoms with Crippen LogP contribution < -0.4 is 9.47 Å². The molecular formula is C33H27N3O2. The van der Waals surface area contributed by atoms with Crippen LogP contribution in [0.15, 0.2) is 132 Å². The van der Waals surface area contributed by atoms with Crippen molar-refractivity contribution < 1.29 is 9.47 Å². The molecule has 5 nitrogen and oxygen atoms in total. The maximum Gasteiger partial charge on any atom is 0.212 e. The molecule has 0 saturated heterocycles. The largest absolute Gasteiger partial charge is 0.465 e. The van der Waals surface area contributed by atoms with Crippen molar-refractivity contribution in [2.24, 2.45) is 4.99 Å². The van der Waals surface area contributed by atoms with Gasteiger partial charge in [-0.15, -0.1) is 0 Å². The summed E-state index contributed by atoms with van der Waals surface area (Å²) in [4.78, 5) is 4.52. The van der Waals surface area contributed by atoms with Gasteiger partial charge in [0.2, 0.25) is 6.23 Å². The van der Waals surface area contributed by atoms with Gasteiger partial charge in [0.25, 0.3) is 0 Å². The maximum absolute atomic E-state index is 6.17. The van der Waals surface area contributed by atoms with E-state index < -0.39 is 0 Å². The highest BCUT2D eigenvalue weighted by Gasteiger charge is 2.17. The third kappa shape index (κ3) is 5.13. The number of aliphatic imine (C=N–C) groups is 1. The summed E-state index contributed by atoms with van der Waals surface area (Å²) in [6, 6.07) is 34.4. The topological polar surface area (TPSA) is 48.6 Å². The summed E-state index contributed by atoms with van der Waals surface area (Å²) in [6.45, 7) is 4.00. The van der Waals surface area contributed by atoms with Crippen LogP contribution in [0.4, 0.5) is 0 Å². The molecule has 1 atom stereocenters. The molecule has 186 valence electrons.